The second-order valence-electron chi connectivity index (χ2n) is 4.18. The molecule has 0 heterocycles. The highest BCUT2D eigenvalue weighted by molar-refractivity contribution is 9.10. The van der Waals surface area contributed by atoms with E-state index >= 15 is 0 Å². The minimum atomic E-state index is -0.587. The van der Waals surface area contributed by atoms with Crippen molar-refractivity contribution in [2.45, 2.75) is 0 Å². The number of aromatic hydroxyl groups is 1. The highest BCUT2D eigenvalue weighted by Crippen LogP contribution is 2.28. The first-order chi connectivity index (χ1) is 10.0. The molecule has 0 atom stereocenters. The average molecular weight is 346 g/mol. The third-order valence-electron chi connectivity index (χ3n) is 2.80. The van der Waals surface area contributed by atoms with Gasteiger partial charge in [-0.2, -0.15) is 5.26 Å². The van der Waals surface area contributed by atoms with Crippen molar-refractivity contribution in [1.29, 1.82) is 5.26 Å². The molecule has 0 saturated carbocycles. The zero-order valence-electron chi connectivity index (χ0n) is 10.7. The molecule has 3 nitrogen and oxygen atoms in total. The van der Waals surface area contributed by atoms with Crippen molar-refractivity contribution in [3.8, 4) is 11.8 Å². The van der Waals surface area contributed by atoms with Gasteiger partial charge in [0.15, 0.2) is 5.78 Å². The molecule has 2 aromatic carbocycles. The van der Waals surface area contributed by atoms with E-state index in [1.54, 1.807) is 12.1 Å². The number of nitrogens with zero attached hydrogens (tertiary/aromatic N) is 1. The molecule has 0 aromatic heterocycles. The normalized spacial score (nSPS) is 10.5. The van der Waals surface area contributed by atoms with Gasteiger partial charge in [-0.05, 0) is 52.3 Å². The molecule has 0 fully saturated rings. The summed E-state index contributed by atoms with van der Waals surface area (Å²) in [6.07, 6.45) is 2.48. The van der Waals surface area contributed by atoms with Crippen LogP contribution in [0.2, 0.25) is 0 Å². The Morgan fingerprint density at radius 1 is 1.33 bits per heavy atom. The maximum atomic E-state index is 13.7. The van der Waals surface area contributed by atoms with Crippen molar-refractivity contribution in [3.63, 3.8) is 0 Å². The second kappa shape index (κ2) is 6.33. The van der Waals surface area contributed by atoms with Gasteiger partial charge in [-0.25, -0.2) is 4.39 Å². The molecule has 21 heavy (non-hydrogen) atoms. The minimum Gasteiger partial charge on any atom is -0.506 e. The highest BCUT2D eigenvalue weighted by atomic mass is 79.9. The van der Waals surface area contributed by atoms with E-state index in [0.717, 1.165) is 6.07 Å². The Balaban J connectivity index is 2.27. The first kappa shape index (κ1) is 14.9. The molecule has 0 aliphatic rings. The van der Waals surface area contributed by atoms with E-state index in [2.05, 4.69) is 15.9 Å². The van der Waals surface area contributed by atoms with Crippen molar-refractivity contribution in [2.24, 2.45) is 0 Å². The number of rotatable bonds is 3. The summed E-state index contributed by atoms with van der Waals surface area (Å²) in [6, 6.07) is 10.5. The fourth-order valence-corrected chi connectivity index (χ4v) is 2.07. The Kier molecular flexibility index (Phi) is 4.51. The highest BCUT2D eigenvalue weighted by Gasteiger charge is 2.10. The minimum absolute atomic E-state index is 0.120. The van der Waals surface area contributed by atoms with Crippen molar-refractivity contribution >= 4 is 27.8 Å². The van der Waals surface area contributed by atoms with E-state index in [1.807, 2.05) is 6.07 Å². The van der Waals surface area contributed by atoms with Crippen molar-refractivity contribution in [1.82, 2.24) is 0 Å². The smallest absolute Gasteiger partial charge is 0.189 e. The third-order valence-corrected chi connectivity index (χ3v) is 3.44. The number of carbonyl (C=O) groups excluding carboxylic acids is 1. The molecule has 2 aromatic rings. The summed E-state index contributed by atoms with van der Waals surface area (Å²) in [6.45, 7) is 0. The number of phenols is 1. The van der Waals surface area contributed by atoms with Crippen LogP contribution in [0.15, 0.2) is 46.9 Å². The number of hydrogen-bond acceptors (Lipinski definition) is 3. The zero-order chi connectivity index (χ0) is 15.4. The maximum Gasteiger partial charge on any atom is 0.189 e. The number of para-hydroxylation sites is 1. The largest absolute Gasteiger partial charge is 0.506 e. The average Bonchev–Trinajstić information content (AvgIpc) is 2.48. The molecule has 0 aliphatic carbocycles. The molecule has 0 aliphatic heterocycles. The molecule has 0 amide bonds. The molecule has 2 rings (SSSR count). The van der Waals surface area contributed by atoms with Crippen LogP contribution in [0.5, 0.6) is 5.75 Å². The van der Waals surface area contributed by atoms with Gasteiger partial charge < -0.3 is 5.11 Å². The van der Waals surface area contributed by atoms with Gasteiger partial charge in [0.1, 0.15) is 11.6 Å². The van der Waals surface area contributed by atoms with Crippen LogP contribution in [-0.4, -0.2) is 10.9 Å². The molecule has 0 unspecified atom stereocenters. The Bertz CT molecular complexity index is 778. The first-order valence-corrected chi connectivity index (χ1v) is 6.72. The number of carbonyl (C=O) groups is 1. The van der Waals surface area contributed by atoms with Gasteiger partial charge in [-0.15, -0.1) is 0 Å². The Morgan fingerprint density at radius 3 is 2.76 bits per heavy atom. The molecule has 0 spiro atoms. The second-order valence-corrected chi connectivity index (χ2v) is 5.04. The molecular formula is C16H9BrFNO2. The Labute approximate surface area is 129 Å². The van der Waals surface area contributed by atoms with Crippen LogP contribution in [0.4, 0.5) is 4.39 Å². The van der Waals surface area contributed by atoms with Gasteiger partial charge in [0.05, 0.1) is 21.7 Å². The van der Waals surface area contributed by atoms with Crippen LogP contribution in [0.3, 0.4) is 0 Å². The van der Waals surface area contributed by atoms with Gasteiger partial charge >= 0.3 is 0 Å². The van der Waals surface area contributed by atoms with E-state index in [4.69, 9.17) is 5.26 Å². The van der Waals surface area contributed by atoms with Gasteiger partial charge in [0.25, 0.3) is 0 Å². The molecule has 5 heteroatoms. The fraction of sp³-hybridized carbons (Fsp3) is 0. The molecule has 104 valence electrons. The lowest BCUT2D eigenvalue weighted by atomic mass is 10.1. The van der Waals surface area contributed by atoms with Crippen LogP contribution < -0.4 is 0 Å². The lowest BCUT2D eigenvalue weighted by Crippen LogP contribution is -1.95. The van der Waals surface area contributed by atoms with Gasteiger partial charge in [0.2, 0.25) is 0 Å². The van der Waals surface area contributed by atoms with Crippen LogP contribution in [0.25, 0.3) is 6.08 Å². The van der Waals surface area contributed by atoms with Gasteiger partial charge in [-0.3, -0.25) is 4.79 Å². The van der Waals surface area contributed by atoms with E-state index in [0.29, 0.717) is 4.47 Å². The predicted molar refractivity (Wildman–Crippen MR) is 80.3 cm³/mol. The number of allylic oxidation sites excluding steroid dienone is 1. The SMILES string of the molecule is N#Cc1ccc(C=CC(=O)c2cccc(Br)c2O)c(F)c1. The quantitative estimate of drug-likeness (QED) is 0.673. The topological polar surface area (TPSA) is 61.1 Å². The van der Waals surface area contributed by atoms with E-state index in [9.17, 15) is 14.3 Å². The third kappa shape index (κ3) is 3.36. The van der Waals surface area contributed by atoms with E-state index < -0.39 is 11.6 Å². The van der Waals surface area contributed by atoms with Crippen molar-refractivity contribution in [2.75, 3.05) is 0 Å². The van der Waals surface area contributed by atoms with Gasteiger partial charge in [0, 0.05) is 5.56 Å². The number of halogens is 2. The van der Waals surface area contributed by atoms with Crippen LogP contribution >= 0.6 is 15.9 Å². The van der Waals surface area contributed by atoms with E-state index in [1.165, 1.54) is 30.4 Å². The summed E-state index contributed by atoms with van der Waals surface area (Å²) in [4.78, 5) is 12.0. The number of nitriles is 1. The number of phenolic OH excluding ortho intramolecular Hbond substituents is 1. The summed E-state index contributed by atoms with van der Waals surface area (Å²) in [5.74, 6) is -1.19. The van der Waals surface area contributed by atoms with Crippen molar-refractivity contribution < 1.29 is 14.3 Å². The number of benzene rings is 2. The van der Waals surface area contributed by atoms with Gasteiger partial charge in [-0.1, -0.05) is 12.1 Å². The summed E-state index contributed by atoms with van der Waals surface area (Å²) >= 11 is 3.12. The number of hydrogen-bond donors (Lipinski definition) is 1. The Hall–Kier alpha value is -2.45. The monoisotopic (exact) mass is 345 g/mol. The molecule has 1 N–H and O–H groups in total. The molecular weight excluding hydrogens is 337 g/mol. The maximum absolute atomic E-state index is 13.7. The summed E-state index contributed by atoms with van der Waals surface area (Å²) < 4.78 is 14.1. The summed E-state index contributed by atoms with van der Waals surface area (Å²) in [5.41, 5.74) is 0.520. The van der Waals surface area contributed by atoms with Crippen molar-refractivity contribution in [3.05, 3.63) is 69.5 Å². The molecule has 0 bridgehead atoms. The Morgan fingerprint density at radius 2 is 2.10 bits per heavy atom. The lowest BCUT2D eigenvalue weighted by molar-refractivity contribution is 0.104. The van der Waals surface area contributed by atoms with E-state index in [-0.39, 0.29) is 22.4 Å². The zero-order valence-corrected chi connectivity index (χ0v) is 12.3. The lowest BCUT2D eigenvalue weighted by Gasteiger charge is -2.02. The summed E-state index contributed by atoms with van der Waals surface area (Å²) in [5, 5.41) is 18.4. The molecule has 0 radical (unpaired) electrons. The summed E-state index contributed by atoms with van der Waals surface area (Å²) in [7, 11) is 0. The first-order valence-electron chi connectivity index (χ1n) is 5.92. The molecule has 0 saturated heterocycles. The van der Waals surface area contributed by atoms with Crippen LogP contribution in [-0.2, 0) is 0 Å². The predicted octanol–water partition coefficient (Wildman–Crippen LogP) is 4.06. The van der Waals surface area contributed by atoms with Crippen LogP contribution in [0, 0.1) is 17.1 Å². The number of ketones is 1. The standard InChI is InChI=1S/C16H9BrFNO2/c17-13-3-1-2-12(16(13)21)15(20)7-6-11-5-4-10(9-19)8-14(11)18/h1-8,21H. The fourth-order valence-electron chi connectivity index (χ4n) is 1.70. The van der Waals surface area contributed by atoms with Crippen LogP contribution in [0.1, 0.15) is 21.5 Å².